The third-order valence-electron chi connectivity index (χ3n) is 2.00. The number of carboxylic acids is 1. The van der Waals surface area contributed by atoms with Crippen LogP contribution in [0.3, 0.4) is 0 Å². The van der Waals surface area contributed by atoms with Gasteiger partial charge in [0.15, 0.2) is 17.2 Å². The van der Waals surface area contributed by atoms with E-state index in [2.05, 4.69) is 15.1 Å². The normalized spacial score (nSPS) is 11.5. The number of aromatic nitrogens is 4. The molecular formula is C9H5F3N4O2. The summed E-state index contributed by atoms with van der Waals surface area (Å²) in [6.45, 7) is 0. The van der Waals surface area contributed by atoms with E-state index in [1.165, 1.54) is 12.3 Å². The van der Waals surface area contributed by atoms with E-state index in [9.17, 15) is 18.0 Å². The van der Waals surface area contributed by atoms with Crippen molar-refractivity contribution in [1.29, 1.82) is 0 Å². The van der Waals surface area contributed by atoms with E-state index in [1.807, 2.05) is 0 Å². The van der Waals surface area contributed by atoms with Gasteiger partial charge in [-0.1, -0.05) is 0 Å². The largest absolute Gasteiger partial charge is 0.476 e. The van der Waals surface area contributed by atoms with Crippen LogP contribution in [0.5, 0.6) is 0 Å². The Labute approximate surface area is 97.7 Å². The fraction of sp³-hybridized carbons (Fsp3) is 0.111. The van der Waals surface area contributed by atoms with Crippen molar-refractivity contribution in [2.24, 2.45) is 0 Å². The molecule has 2 aromatic rings. The molecule has 0 aliphatic heterocycles. The van der Waals surface area contributed by atoms with Crippen molar-refractivity contribution in [3.05, 3.63) is 36.0 Å². The monoisotopic (exact) mass is 258 g/mol. The quantitative estimate of drug-likeness (QED) is 0.880. The number of halogens is 3. The van der Waals surface area contributed by atoms with Gasteiger partial charge in [-0.25, -0.2) is 19.4 Å². The Hall–Kier alpha value is -2.45. The Balaban J connectivity index is 2.62. The van der Waals surface area contributed by atoms with Crippen LogP contribution < -0.4 is 0 Å². The van der Waals surface area contributed by atoms with Gasteiger partial charge in [-0.2, -0.15) is 18.3 Å². The minimum atomic E-state index is -4.73. The summed E-state index contributed by atoms with van der Waals surface area (Å²) in [6, 6.07) is 1.64. The van der Waals surface area contributed by atoms with Gasteiger partial charge in [-0.3, -0.25) is 0 Å². The van der Waals surface area contributed by atoms with Crippen LogP contribution in [0.15, 0.2) is 24.7 Å². The van der Waals surface area contributed by atoms with Gasteiger partial charge in [0.25, 0.3) is 0 Å². The summed E-state index contributed by atoms with van der Waals surface area (Å²) in [4.78, 5) is 17.8. The van der Waals surface area contributed by atoms with E-state index >= 15 is 0 Å². The number of alkyl halides is 3. The summed E-state index contributed by atoms with van der Waals surface area (Å²) in [5.41, 5.74) is -1.92. The molecule has 0 radical (unpaired) electrons. The third kappa shape index (κ3) is 2.14. The molecule has 0 bridgehead atoms. The van der Waals surface area contributed by atoms with Crippen molar-refractivity contribution in [1.82, 2.24) is 19.7 Å². The lowest BCUT2D eigenvalue weighted by molar-refractivity contribution is -0.142. The van der Waals surface area contributed by atoms with Crippen molar-refractivity contribution >= 4 is 5.97 Å². The van der Waals surface area contributed by atoms with E-state index in [-0.39, 0.29) is 5.82 Å². The average molecular weight is 258 g/mol. The summed E-state index contributed by atoms with van der Waals surface area (Å²) >= 11 is 0. The van der Waals surface area contributed by atoms with Crippen LogP contribution in [0.4, 0.5) is 13.2 Å². The first-order valence-corrected chi connectivity index (χ1v) is 4.56. The highest BCUT2D eigenvalue weighted by Gasteiger charge is 2.37. The van der Waals surface area contributed by atoms with Crippen molar-refractivity contribution < 1.29 is 23.1 Å². The lowest BCUT2D eigenvalue weighted by Crippen LogP contribution is -2.14. The molecule has 0 aromatic carbocycles. The number of nitrogens with zero attached hydrogens (tertiary/aromatic N) is 4. The predicted molar refractivity (Wildman–Crippen MR) is 51.1 cm³/mol. The standard InChI is InChI=1S/C9H5F3N4O2/c10-9(11,12)6-3-5(8(17)18)15-16(6)7-1-2-13-4-14-7/h1-4H,(H,17,18). The first-order valence-electron chi connectivity index (χ1n) is 4.56. The molecule has 0 fully saturated rings. The maximum atomic E-state index is 12.7. The summed E-state index contributed by atoms with van der Waals surface area (Å²) in [7, 11) is 0. The van der Waals surface area contributed by atoms with Crippen molar-refractivity contribution in [3.8, 4) is 5.82 Å². The smallest absolute Gasteiger partial charge is 0.433 e. The predicted octanol–water partition coefficient (Wildman–Crippen LogP) is 1.38. The number of rotatable bonds is 2. The highest BCUT2D eigenvalue weighted by atomic mass is 19.4. The molecule has 0 saturated carbocycles. The summed E-state index contributed by atoms with van der Waals surface area (Å²) < 4.78 is 38.6. The van der Waals surface area contributed by atoms with Crippen LogP contribution in [0.2, 0.25) is 0 Å². The highest BCUT2D eigenvalue weighted by Crippen LogP contribution is 2.31. The number of aromatic carboxylic acids is 1. The fourth-order valence-electron chi connectivity index (χ4n) is 1.27. The van der Waals surface area contributed by atoms with Crippen LogP contribution in [-0.4, -0.2) is 30.8 Å². The van der Waals surface area contributed by atoms with E-state index in [0.717, 1.165) is 6.33 Å². The van der Waals surface area contributed by atoms with Crippen LogP contribution in [0.25, 0.3) is 5.82 Å². The van der Waals surface area contributed by atoms with Gasteiger partial charge in [0.2, 0.25) is 0 Å². The molecule has 2 rings (SSSR count). The fourth-order valence-corrected chi connectivity index (χ4v) is 1.27. The van der Waals surface area contributed by atoms with Crippen LogP contribution in [0, 0.1) is 0 Å². The molecular weight excluding hydrogens is 253 g/mol. The topological polar surface area (TPSA) is 80.9 Å². The Morgan fingerprint density at radius 2 is 2.11 bits per heavy atom. The number of carboxylic acid groups (broad SMARTS) is 1. The molecule has 1 N–H and O–H groups in total. The molecule has 94 valence electrons. The lowest BCUT2D eigenvalue weighted by atomic mass is 10.3. The number of hydrogen-bond acceptors (Lipinski definition) is 4. The van der Waals surface area contributed by atoms with Gasteiger partial charge in [-0.05, 0) is 0 Å². The molecule has 0 amide bonds. The second kappa shape index (κ2) is 4.09. The van der Waals surface area contributed by atoms with E-state index in [4.69, 9.17) is 5.11 Å². The molecule has 2 aromatic heterocycles. The third-order valence-corrected chi connectivity index (χ3v) is 2.00. The molecule has 0 aliphatic rings. The van der Waals surface area contributed by atoms with Crippen LogP contribution >= 0.6 is 0 Å². The van der Waals surface area contributed by atoms with E-state index in [1.54, 1.807) is 0 Å². The van der Waals surface area contributed by atoms with Gasteiger partial charge in [-0.15, -0.1) is 0 Å². The van der Waals surface area contributed by atoms with Crippen molar-refractivity contribution in [2.75, 3.05) is 0 Å². The Morgan fingerprint density at radius 3 is 2.61 bits per heavy atom. The zero-order chi connectivity index (χ0) is 13.3. The molecule has 18 heavy (non-hydrogen) atoms. The molecule has 9 heteroatoms. The molecule has 0 aliphatic carbocycles. The van der Waals surface area contributed by atoms with Crippen molar-refractivity contribution in [3.63, 3.8) is 0 Å². The average Bonchev–Trinajstić information content (AvgIpc) is 2.74. The van der Waals surface area contributed by atoms with Crippen LogP contribution in [0.1, 0.15) is 16.2 Å². The molecule has 0 spiro atoms. The first kappa shape index (κ1) is 12.0. The van der Waals surface area contributed by atoms with Crippen molar-refractivity contribution in [2.45, 2.75) is 6.18 Å². The molecule has 0 atom stereocenters. The zero-order valence-corrected chi connectivity index (χ0v) is 8.59. The lowest BCUT2D eigenvalue weighted by Gasteiger charge is -2.08. The minimum absolute atomic E-state index is 0.162. The first-order chi connectivity index (χ1) is 8.39. The minimum Gasteiger partial charge on any atom is -0.476 e. The SMILES string of the molecule is O=C(O)c1cc(C(F)(F)F)n(-c2ccncn2)n1. The van der Waals surface area contributed by atoms with E-state index < -0.39 is 23.5 Å². The Morgan fingerprint density at radius 1 is 1.39 bits per heavy atom. The summed E-state index contributed by atoms with van der Waals surface area (Å²) in [5, 5.41) is 12.0. The summed E-state index contributed by atoms with van der Waals surface area (Å²) in [6.07, 6.45) is -2.46. The highest BCUT2D eigenvalue weighted by molar-refractivity contribution is 5.85. The van der Waals surface area contributed by atoms with Gasteiger partial charge in [0.05, 0.1) is 0 Å². The molecule has 0 unspecified atom stereocenters. The second-order valence-corrected chi connectivity index (χ2v) is 3.20. The molecule has 2 heterocycles. The van der Waals surface area contributed by atoms with Gasteiger partial charge in [0.1, 0.15) is 6.33 Å². The Bertz CT molecular complexity index is 579. The van der Waals surface area contributed by atoms with Gasteiger partial charge >= 0.3 is 12.1 Å². The van der Waals surface area contributed by atoms with Gasteiger partial charge < -0.3 is 5.11 Å². The van der Waals surface area contributed by atoms with E-state index in [0.29, 0.717) is 10.7 Å². The molecule has 0 saturated heterocycles. The number of hydrogen-bond donors (Lipinski definition) is 1. The second-order valence-electron chi connectivity index (χ2n) is 3.20. The summed E-state index contributed by atoms with van der Waals surface area (Å²) in [5.74, 6) is -1.71. The van der Waals surface area contributed by atoms with Gasteiger partial charge in [0, 0.05) is 18.3 Å². The molecule has 6 nitrogen and oxygen atoms in total. The van der Waals surface area contributed by atoms with Crippen LogP contribution in [-0.2, 0) is 6.18 Å². The maximum absolute atomic E-state index is 12.7. The Kier molecular flexibility index (Phi) is 2.73. The zero-order valence-electron chi connectivity index (χ0n) is 8.59. The number of carbonyl (C=O) groups is 1. The maximum Gasteiger partial charge on any atom is 0.433 e.